The van der Waals surface area contributed by atoms with Crippen molar-refractivity contribution >= 4 is 17.6 Å². The molecule has 3 heterocycles. The van der Waals surface area contributed by atoms with E-state index >= 15 is 8.78 Å². The number of nitrogens with one attached hydrogen (secondary N) is 1. The summed E-state index contributed by atoms with van der Waals surface area (Å²) in [7, 11) is 1.36. The van der Waals surface area contributed by atoms with Crippen molar-refractivity contribution in [2.24, 2.45) is 7.05 Å². The highest BCUT2D eigenvalue weighted by Crippen LogP contribution is 2.40. The van der Waals surface area contributed by atoms with Gasteiger partial charge in [0.15, 0.2) is 0 Å². The number of fused-ring (bicyclic) bond motifs is 1. The summed E-state index contributed by atoms with van der Waals surface area (Å²) < 4.78 is 84.2. The maximum atomic E-state index is 15.1. The third-order valence-electron chi connectivity index (χ3n) is 8.25. The highest BCUT2D eigenvalue weighted by Gasteiger charge is 2.38. The van der Waals surface area contributed by atoms with E-state index in [-0.39, 0.29) is 48.2 Å². The van der Waals surface area contributed by atoms with Crippen molar-refractivity contribution in [2.75, 3.05) is 24.7 Å². The molecular weight excluding hydrogens is 605 g/mol. The molecule has 3 aromatic rings. The molecule has 0 unspecified atom stereocenters. The van der Waals surface area contributed by atoms with E-state index in [0.717, 1.165) is 22.8 Å². The average Bonchev–Trinajstić information content (AvgIpc) is 3.46. The number of carboxylic acid groups (broad SMARTS) is 1. The number of nitrogens with zero attached hydrogens (tertiary/aromatic N) is 2. The van der Waals surface area contributed by atoms with Crippen LogP contribution in [0.1, 0.15) is 45.2 Å². The molecule has 0 spiro atoms. The summed E-state index contributed by atoms with van der Waals surface area (Å²) in [6.07, 6.45) is -5.21. The first kappa shape index (κ1) is 32.1. The molecule has 45 heavy (non-hydrogen) atoms. The Kier molecular flexibility index (Phi) is 8.73. The van der Waals surface area contributed by atoms with Crippen LogP contribution in [-0.4, -0.2) is 53.4 Å². The van der Waals surface area contributed by atoms with Crippen LogP contribution in [0.15, 0.2) is 35.1 Å². The molecule has 1 aromatic heterocycles. The van der Waals surface area contributed by atoms with Crippen LogP contribution in [0.3, 0.4) is 0 Å². The molecule has 1 fully saturated rings. The molecule has 9 nitrogen and oxygen atoms in total. The van der Waals surface area contributed by atoms with Crippen molar-refractivity contribution in [3.8, 4) is 11.1 Å². The monoisotopic (exact) mass is 635 g/mol. The number of ether oxygens (including phenoxy) is 2. The summed E-state index contributed by atoms with van der Waals surface area (Å²) >= 11 is 0. The van der Waals surface area contributed by atoms with Crippen LogP contribution in [0.2, 0.25) is 0 Å². The Morgan fingerprint density at radius 2 is 1.76 bits per heavy atom. The van der Waals surface area contributed by atoms with Crippen molar-refractivity contribution in [1.29, 1.82) is 0 Å². The van der Waals surface area contributed by atoms with Gasteiger partial charge in [0.05, 0.1) is 37.6 Å². The van der Waals surface area contributed by atoms with Gasteiger partial charge in [-0.3, -0.25) is 9.59 Å². The van der Waals surface area contributed by atoms with Crippen molar-refractivity contribution in [3.05, 3.63) is 85.8 Å². The summed E-state index contributed by atoms with van der Waals surface area (Å²) in [6.45, 7) is 4.07. The van der Waals surface area contributed by atoms with Crippen LogP contribution in [0.25, 0.3) is 11.1 Å². The van der Waals surface area contributed by atoms with Gasteiger partial charge in [0.25, 0.3) is 11.5 Å². The fourth-order valence-corrected chi connectivity index (χ4v) is 5.78. The first-order chi connectivity index (χ1) is 21.2. The minimum absolute atomic E-state index is 0.00564. The summed E-state index contributed by atoms with van der Waals surface area (Å²) in [5.41, 5.74) is -2.22. The lowest BCUT2D eigenvalue weighted by Gasteiger charge is -2.35. The molecule has 240 valence electrons. The molecule has 0 saturated carbocycles. The number of anilines is 1. The third kappa shape index (κ3) is 6.16. The number of hydrogen-bond acceptors (Lipinski definition) is 6. The van der Waals surface area contributed by atoms with E-state index in [0.29, 0.717) is 30.9 Å². The number of halogens is 5. The number of amides is 1. The Bertz CT molecular complexity index is 1720. The van der Waals surface area contributed by atoms with Gasteiger partial charge in [-0.15, -0.1) is 0 Å². The second-order valence-electron chi connectivity index (χ2n) is 11.1. The number of carbonyl (C=O) groups excluding carboxylic acids is 1. The number of carbonyl (C=O) groups is 2. The SMILES string of the molecule is Cc1cc(C(F)(F)F)c(-c2ccc(C[C@H](NC(=O)c3c(F)cc(N4CCOC[C@@H]4C)cc3F)C(=O)O)c3c2COC3)c(=O)n1C. The predicted octanol–water partition coefficient (Wildman–Crippen LogP) is 4.34. The number of alkyl halides is 3. The lowest BCUT2D eigenvalue weighted by molar-refractivity contribution is -0.139. The number of rotatable bonds is 7. The van der Waals surface area contributed by atoms with E-state index in [9.17, 15) is 32.7 Å². The normalized spacial score (nSPS) is 17.2. The standard InChI is InChI=1S/C31H30F5N3O6/c1-15-8-22(31(34,35)36)26(29(41)38(15)3)19-5-4-17(20-13-45-14-21(19)20)9-25(30(42)43)37-28(40)27-23(32)10-18(11-24(27)33)39-6-7-44-12-16(39)2/h4-5,8,10-11,16,25H,6-7,9,12-14H2,1-3H3,(H,37,40)(H,42,43)/t16-,25-/m0/s1. The van der Waals surface area contributed by atoms with Gasteiger partial charge in [0, 0.05) is 37.4 Å². The number of aryl methyl sites for hydroxylation is 1. The Morgan fingerprint density at radius 3 is 2.38 bits per heavy atom. The van der Waals surface area contributed by atoms with Gasteiger partial charge in [-0.05, 0) is 54.3 Å². The summed E-state index contributed by atoms with van der Waals surface area (Å²) in [5.74, 6) is -5.15. The molecule has 5 rings (SSSR count). The van der Waals surface area contributed by atoms with Gasteiger partial charge >= 0.3 is 12.1 Å². The van der Waals surface area contributed by atoms with Gasteiger partial charge < -0.3 is 29.4 Å². The largest absolute Gasteiger partial charge is 0.480 e. The van der Waals surface area contributed by atoms with E-state index in [1.165, 1.54) is 26.1 Å². The zero-order valence-electron chi connectivity index (χ0n) is 24.6. The number of carboxylic acids is 1. The lowest BCUT2D eigenvalue weighted by Crippen LogP contribution is -2.44. The van der Waals surface area contributed by atoms with E-state index in [1.807, 2.05) is 6.92 Å². The van der Waals surface area contributed by atoms with Gasteiger partial charge in [0.1, 0.15) is 23.2 Å². The number of aliphatic carboxylic acids is 1. The molecule has 0 radical (unpaired) electrons. The average molecular weight is 636 g/mol. The van der Waals surface area contributed by atoms with E-state index in [4.69, 9.17) is 9.47 Å². The predicted molar refractivity (Wildman–Crippen MR) is 152 cm³/mol. The highest BCUT2D eigenvalue weighted by atomic mass is 19.4. The minimum Gasteiger partial charge on any atom is -0.480 e. The Labute approximate surface area is 254 Å². The molecule has 2 aliphatic rings. The number of pyridine rings is 1. The highest BCUT2D eigenvalue weighted by molar-refractivity contribution is 5.97. The molecule has 14 heteroatoms. The molecule has 1 amide bonds. The van der Waals surface area contributed by atoms with Crippen LogP contribution in [0.4, 0.5) is 27.6 Å². The molecule has 2 N–H and O–H groups in total. The second kappa shape index (κ2) is 12.2. The van der Waals surface area contributed by atoms with Gasteiger partial charge in [-0.1, -0.05) is 12.1 Å². The smallest absolute Gasteiger partial charge is 0.417 e. The van der Waals surface area contributed by atoms with Crippen molar-refractivity contribution < 1.29 is 46.1 Å². The molecule has 0 bridgehead atoms. The molecule has 1 saturated heterocycles. The molecule has 2 atom stereocenters. The fraction of sp³-hybridized carbons (Fsp3) is 0.387. The van der Waals surface area contributed by atoms with Crippen LogP contribution < -0.4 is 15.8 Å². The molecule has 2 aliphatic heterocycles. The lowest BCUT2D eigenvalue weighted by atomic mass is 9.89. The van der Waals surface area contributed by atoms with Gasteiger partial charge in [-0.25, -0.2) is 13.6 Å². The number of hydrogen-bond donors (Lipinski definition) is 2. The maximum Gasteiger partial charge on any atom is 0.417 e. The summed E-state index contributed by atoms with van der Waals surface area (Å²) in [6, 6.07) is 3.71. The van der Waals surface area contributed by atoms with E-state index < -0.39 is 58.0 Å². The van der Waals surface area contributed by atoms with Crippen molar-refractivity contribution in [1.82, 2.24) is 9.88 Å². The minimum atomic E-state index is -4.83. The topological polar surface area (TPSA) is 110 Å². The zero-order valence-corrected chi connectivity index (χ0v) is 24.6. The Hall–Kier alpha value is -4.30. The number of morpholine rings is 1. The molecular formula is C31H30F5N3O6. The molecule has 0 aliphatic carbocycles. The quantitative estimate of drug-likeness (QED) is 0.372. The number of aromatic nitrogens is 1. The summed E-state index contributed by atoms with van der Waals surface area (Å²) in [4.78, 5) is 40.0. The fourth-order valence-electron chi connectivity index (χ4n) is 5.78. The Balaban J connectivity index is 1.45. The zero-order chi connectivity index (χ0) is 32.8. The van der Waals surface area contributed by atoms with Crippen LogP contribution in [0, 0.1) is 18.6 Å². The van der Waals surface area contributed by atoms with Gasteiger partial charge in [0.2, 0.25) is 0 Å². The molecule has 2 aromatic carbocycles. The third-order valence-corrected chi connectivity index (χ3v) is 8.25. The summed E-state index contributed by atoms with van der Waals surface area (Å²) in [5, 5.41) is 12.1. The van der Waals surface area contributed by atoms with E-state index in [1.54, 1.807) is 4.90 Å². The van der Waals surface area contributed by atoms with Crippen LogP contribution in [0.5, 0.6) is 0 Å². The van der Waals surface area contributed by atoms with Crippen molar-refractivity contribution in [3.63, 3.8) is 0 Å². The first-order valence-corrected chi connectivity index (χ1v) is 14.1. The van der Waals surface area contributed by atoms with E-state index in [2.05, 4.69) is 5.32 Å². The van der Waals surface area contributed by atoms with Crippen LogP contribution >= 0.6 is 0 Å². The van der Waals surface area contributed by atoms with Crippen molar-refractivity contribution in [2.45, 2.75) is 51.7 Å². The van der Waals surface area contributed by atoms with Crippen LogP contribution in [-0.2, 0) is 47.1 Å². The number of benzene rings is 2. The van der Waals surface area contributed by atoms with Gasteiger partial charge in [-0.2, -0.15) is 13.2 Å². The first-order valence-electron chi connectivity index (χ1n) is 14.1. The maximum absolute atomic E-state index is 15.1. The second-order valence-corrected chi connectivity index (χ2v) is 11.1. The Morgan fingerprint density at radius 1 is 1.09 bits per heavy atom.